The Hall–Kier alpha value is -1.06. The first kappa shape index (κ1) is 21.6. The lowest BCUT2D eigenvalue weighted by Gasteiger charge is -2.35. The molecule has 0 aromatic heterocycles. The molecule has 0 saturated heterocycles. The van der Waals surface area contributed by atoms with Gasteiger partial charge in [-0.1, -0.05) is 59.7 Å². The molecule has 6 heteroatoms. The monoisotopic (exact) mass is 456 g/mol. The molecule has 2 aromatic rings. The van der Waals surface area contributed by atoms with Crippen LogP contribution in [0.4, 0.5) is 0 Å². The average molecular weight is 458 g/mol. The van der Waals surface area contributed by atoms with Crippen LogP contribution in [0.25, 0.3) is 0 Å². The van der Waals surface area contributed by atoms with Crippen molar-refractivity contribution in [3.8, 4) is 0 Å². The van der Waals surface area contributed by atoms with Crippen LogP contribution in [0.15, 0.2) is 36.4 Å². The van der Waals surface area contributed by atoms with Gasteiger partial charge in [0, 0.05) is 23.5 Å². The third-order valence-electron chi connectivity index (χ3n) is 5.55. The summed E-state index contributed by atoms with van der Waals surface area (Å²) in [5, 5.41) is 1.55. The molecule has 0 spiro atoms. The van der Waals surface area contributed by atoms with Crippen molar-refractivity contribution in [2.45, 2.75) is 32.6 Å². The summed E-state index contributed by atoms with van der Waals surface area (Å²) in [6.45, 7) is 2.08. The smallest absolute Gasteiger partial charge is 0.166 e. The van der Waals surface area contributed by atoms with E-state index in [1.165, 1.54) is 0 Å². The highest BCUT2D eigenvalue weighted by Crippen LogP contribution is 2.40. The van der Waals surface area contributed by atoms with Gasteiger partial charge < -0.3 is 0 Å². The average Bonchev–Trinajstić information content (AvgIpc) is 2.66. The van der Waals surface area contributed by atoms with Crippen LogP contribution in [0.1, 0.15) is 53.3 Å². The molecule has 148 valence electrons. The highest BCUT2D eigenvalue weighted by molar-refractivity contribution is 6.42. The SMILES string of the molecule is C[C@@H]1CCC[C@H](CC(=O)c2ccc(Cl)c(Cl)c2)[C@H]1C(=O)c1ccc(Cl)c(Cl)c1. The number of hydrogen-bond donors (Lipinski definition) is 0. The van der Waals surface area contributed by atoms with E-state index in [2.05, 4.69) is 6.92 Å². The highest BCUT2D eigenvalue weighted by atomic mass is 35.5. The molecule has 0 aliphatic heterocycles. The second kappa shape index (κ2) is 9.17. The molecule has 1 saturated carbocycles. The number of hydrogen-bond acceptors (Lipinski definition) is 2. The second-order valence-electron chi connectivity index (χ2n) is 7.44. The molecule has 3 rings (SSSR count). The summed E-state index contributed by atoms with van der Waals surface area (Å²) in [5.41, 5.74) is 1.06. The van der Waals surface area contributed by atoms with Crippen molar-refractivity contribution in [3.63, 3.8) is 0 Å². The molecule has 0 bridgehead atoms. The fraction of sp³-hybridized carbons (Fsp3) is 0.364. The molecule has 3 atom stereocenters. The number of benzene rings is 2. The van der Waals surface area contributed by atoms with E-state index in [9.17, 15) is 9.59 Å². The van der Waals surface area contributed by atoms with Gasteiger partial charge in [0.15, 0.2) is 11.6 Å². The number of halogens is 4. The Labute approximate surface area is 185 Å². The van der Waals surface area contributed by atoms with E-state index in [1.807, 2.05) is 0 Å². The van der Waals surface area contributed by atoms with Gasteiger partial charge in [0.25, 0.3) is 0 Å². The molecule has 28 heavy (non-hydrogen) atoms. The van der Waals surface area contributed by atoms with Gasteiger partial charge in [-0.2, -0.15) is 0 Å². The van der Waals surface area contributed by atoms with Crippen molar-refractivity contribution in [2.24, 2.45) is 17.8 Å². The zero-order valence-electron chi connectivity index (χ0n) is 15.4. The third-order valence-corrected chi connectivity index (χ3v) is 7.03. The van der Waals surface area contributed by atoms with Gasteiger partial charge in [0.05, 0.1) is 20.1 Å². The van der Waals surface area contributed by atoms with E-state index in [-0.39, 0.29) is 29.3 Å². The lowest BCUT2D eigenvalue weighted by atomic mass is 9.68. The molecule has 2 nitrogen and oxygen atoms in total. The summed E-state index contributed by atoms with van der Waals surface area (Å²) in [4.78, 5) is 26.1. The maximum atomic E-state index is 13.2. The minimum atomic E-state index is -0.224. The third kappa shape index (κ3) is 4.74. The minimum Gasteiger partial charge on any atom is -0.294 e. The fourth-order valence-corrected chi connectivity index (χ4v) is 4.69. The van der Waals surface area contributed by atoms with E-state index < -0.39 is 0 Å². The first-order valence-electron chi connectivity index (χ1n) is 9.25. The van der Waals surface area contributed by atoms with Crippen molar-refractivity contribution in [3.05, 3.63) is 67.6 Å². The molecular weight excluding hydrogens is 438 g/mol. The molecule has 0 N–H and O–H groups in total. The number of carbonyl (C=O) groups excluding carboxylic acids is 2. The van der Waals surface area contributed by atoms with Crippen LogP contribution in [-0.4, -0.2) is 11.6 Å². The summed E-state index contributed by atoms with van der Waals surface area (Å²) in [7, 11) is 0. The maximum Gasteiger partial charge on any atom is 0.166 e. The van der Waals surface area contributed by atoms with Crippen LogP contribution >= 0.6 is 46.4 Å². The molecule has 1 aliphatic carbocycles. The topological polar surface area (TPSA) is 34.1 Å². The largest absolute Gasteiger partial charge is 0.294 e. The van der Waals surface area contributed by atoms with Crippen molar-refractivity contribution in [2.75, 3.05) is 0 Å². The van der Waals surface area contributed by atoms with Gasteiger partial charge in [-0.3, -0.25) is 9.59 Å². The number of rotatable bonds is 5. The first-order valence-corrected chi connectivity index (χ1v) is 10.8. The molecule has 0 radical (unpaired) electrons. The van der Waals surface area contributed by atoms with E-state index in [0.29, 0.717) is 37.6 Å². The molecule has 0 heterocycles. The predicted molar refractivity (Wildman–Crippen MR) is 116 cm³/mol. The van der Waals surface area contributed by atoms with Gasteiger partial charge in [-0.05, 0) is 61.1 Å². The van der Waals surface area contributed by atoms with Gasteiger partial charge >= 0.3 is 0 Å². The van der Waals surface area contributed by atoms with E-state index in [4.69, 9.17) is 46.4 Å². The van der Waals surface area contributed by atoms with Crippen molar-refractivity contribution in [1.29, 1.82) is 0 Å². The summed E-state index contributed by atoms with van der Waals surface area (Å²) in [6.07, 6.45) is 3.12. The molecule has 0 unspecified atom stereocenters. The quantitative estimate of drug-likeness (QED) is 0.429. The van der Waals surface area contributed by atoms with Crippen LogP contribution in [0.5, 0.6) is 0 Å². The Kier molecular flexibility index (Phi) is 7.09. The van der Waals surface area contributed by atoms with Crippen molar-refractivity contribution >= 4 is 58.0 Å². The fourth-order valence-electron chi connectivity index (χ4n) is 4.09. The number of carbonyl (C=O) groups is 2. The van der Waals surface area contributed by atoms with E-state index in [1.54, 1.807) is 36.4 Å². The Morgan fingerprint density at radius 1 is 0.857 bits per heavy atom. The van der Waals surface area contributed by atoms with Crippen LogP contribution in [0.2, 0.25) is 20.1 Å². The molecular formula is C22H20Cl4O2. The first-order chi connectivity index (χ1) is 13.3. The van der Waals surface area contributed by atoms with Crippen molar-refractivity contribution in [1.82, 2.24) is 0 Å². The van der Waals surface area contributed by atoms with E-state index >= 15 is 0 Å². The normalized spacial score (nSPS) is 22.1. The predicted octanol–water partition coefficient (Wildman–Crippen LogP) is 7.81. The molecule has 1 aliphatic rings. The summed E-state index contributed by atoms with van der Waals surface area (Å²) >= 11 is 24.1. The number of ketones is 2. The van der Waals surface area contributed by atoms with Gasteiger partial charge in [0.2, 0.25) is 0 Å². The lowest BCUT2D eigenvalue weighted by molar-refractivity contribution is 0.0697. The Balaban J connectivity index is 1.83. The molecule has 2 aromatic carbocycles. The van der Waals surface area contributed by atoms with Crippen LogP contribution in [0.3, 0.4) is 0 Å². The lowest BCUT2D eigenvalue weighted by Crippen LogP contribution is -2.34. The summed E-state index contributed by atoms with van der Waals surface area (Å²) < 4.78 is 0. The maximum absolute atomic E-state index is 13.2. The Morgan fingerprint density at radius 3 is 2.04 bits per heavy atom. The van der Waals surface area contributed by atoms with Crippen molar-refractivity contribution < 1.29 is 9.59 Å². The Morgan fingerprint density at radius 2 is 1.43 bits per heavy atom. The second-order valence-corrected chi connectivity index (χ2v) is 9.07. The summed E-state index contributed by atoms with van der Waals surface area (Å²) in [6, 6.07) is 9.85. The van der Waals surface area contributed by atoms with Crippen LogP contribution in [0, 0.1) is 17.8 Å². The van der Waals surface area contributed by atoms with Gasteiger partial charge in [0.1, 0.15) is 0 Å². The van der Waals surface area contributed by atoms with E-state index in [0.717, 1.165) is 19.3 Å². The number of Topliss-reactive ketones (excluding diaryl/α,β-unsaturated/α-hetero) is 2. The van der Waals surface area contributed by atoms with Crippen LogP contribution < -0.4 is 0 Å². The Bertz CT molecular complexity index is 909. The van der Waals surface area contributed by atoms with Gasteiger partial charge in [-0.15, -0.1) is 0 Å². The minimum absolute atomic E-state index is 0.0207. The zero-order valence-corrected chi connectivity index (χ0v) is 18.4. The summed E-state index contributed by atoms with van der Waals surface area (Å²) in [5.74, 6) is -0.0463. The highest BCUT2D eigenvalue weighted by Gasteiger charge is 2.37. The standard InChI is InChI=1S/C22H20Cl4O2/c1-12-3-2-4-14(11-20(27)13-5-7-16(23)18(25)9-13)21(12)22(28)15-6-8-17(24)19(26)10-15/h5-10,12,14,21H,2-4,11H2,1H3/t12-,14-,21+/m1/s1. The zero-order chi connectivity index (χ0) is 20.4. The van der Waals surface area contributed by atoms with Gasteiger partial charge in [-0.25, -0.2) is 0 Å². The molecule has 1 fully saturated rings. The molecule has 0 amide bonds. The van der Waals surface area contributed by atoms with Crippen LogP contribution in [-0.2, 0) is 0 Å².